The van der Waals surface area contributed by atoms with Crippen molar-refractivity contribution in [3.05, 3.63) is 11.7 Å². The van der Waals surface area contributed by atoms with E-state index in [1.165, 1.54) is 0 Å². The maximum Gasteiger partial charge on any atom is 0.329 e. The van der Waals surface area contributed by atoms with Gasteiger partial charge in [-0.25, -0.2) is 4.79 Å². The molecule has 3 rings (SSSR count). The summed E-state index contributed by atoms with van der Waals surface area (Å²) in [6.45, 7) is 2.12. The van der Waals surface area contributed by atoms with Gasteiger partial charge in [-0.2, -0.15) is 4.98 Å². The van der Waals surface area contributed by atoms with Crippen molar-refractivity contribution in [2.75, 3.05) is 0 Å². The van der Waals surface area contributed by atoms with Crippen LogP contribution < -0.4 is 5.32 Å². The van der Waals surface area contributed by atoms with Crippen LogP contribution in [0.3, 0.4) is 0 Å². The molecule has 0 aromatic carbocycles. The topological polar surface area (TPSA) is 105 Å². The normalized spacial score (nSPS) is 27.0. The van der Waals surface area contributed by atoms with Crippen molar-refractivity contribution >= 4 is 11.9 Å². The summed E-state index contributed by atoms with van der Waals surface area (Å²) in [5.41, 5.74) is -1.09. The van der Waals surface area contributed by atoms with E-state index < -0.39 is 11.5 Å². The molecule has 132 valence electrons. The summed E-state index contributed by atoms with van der Waals surface area (Å²) in [4.78, 5) is 28.1. The zero-order valence-electron chi connectivity index (χ0n) is 14.1. The molecular weight excluding hydrogens is 310 g/mol. The second-order valence-electron chi connectivity index (χ2n) is 7.29. The summed E-state index contributed by atoms with van der Waals surface area (Å²) in [6, 6.07) is 0. The first-order valence-electron chi connectivity index (χ1n) is 8.85. The van der Waals surface area contributed by atoms with Crippen molar-refractivity contribution in [1.82, 2.24) is 15.5 Å². The molecule has 0 radical (unpaired) electrons. The molecule has 1 aromatic rings. The highest BCUT2D eigenvalue weighted by atomic mass is 16.5. The van der Waals surface area contributed by atoms with Gasteiger partial charge in [0.2, 0.25) is 11.8 Å². The molecule has 2 aliphatic carbocycles. The summed E-state index contributed by atoms with van der Waals surface area (Å²) in [7, 11) is 0. The number of carboxylic acid groups (broad SMARTS) is 1. The first-order valence-corrected chi connectivity index (χ1v) is 8.85. The van der Waals surface area contributed by atoms with Crippen molar-refractivity contribution in [2.24, 2.45) is 5.92 Å². The van der Waals surface area contributed by atoms with Crippen molar-refractivity contribution in [1.29, 1.82) is 0 Å². The van der Waals surface area contributed by atoms with Crippen LogP contribution in [0.1, 0.15) is 75.9 Å². The van der Waals surface area contributed by atoms with Gasteiger partial charge in [0.15, 0.2) is 5.82 Å². The molecule has 0 spiro atoms. The number of amides is 1. The van der Waals surface area contributed by atoms with Gasteiger partial charge in [-0.15, -0.1) is 0 Å². The molecule has 0 bridgehead atoms. The van der Waals surface area contributed by atoms with E-state index in [-0.39, 0.29) is 12.3 Å². The van der Waals surface area contributed by atoms with E-state index >= 15 is 0 Å². The lowest BCUT2D eigenvalue weighted by Gasteiger charge is -2.36. The van der Waals surface area contributed by atoms with Gasteiger partial charge in [0, 0.05) is 18.8 Å². The first-order chi connectivity index (χ1) is 11.5. The number of hydrogen-bond acceptors (Lipinski definition) is 5. The van der Waals surface area contributed by atoms with E-state index in [2.05, 4.69) is 22.4 Å². The molecule has 0 atom stereocenters. The van der Waals surface area contributed by atoms with Gasteiger partial charge in [0.05, 0.1) is 0 Å². The Bertz CT molecular complexity index is 601. The molecule has 0 aliphatic heterocycles. The summed E-state index contributed by atoms with van der Waals surface area (Å²) < 4.78 is 5.18. The highest BCUT2D eigenvalue weighted by molar-refractivity contribution is 5.87. The monoisotopic (exact) mass is 335 g/mol. The Hall–Kier alpha value is -1.92. The number of carboxylic acids is 1. The number of carbonyl (C=O) groups excluding carboxylic acids is 1. The molecule has 2 fully saturated rings. The Balaban J connectivity index is 1.46. The van der Waals surface area contributed by atoms with Crippen molar-refractivity contribution in [3.8, 4) is 0 Å². The Morgan fingerprint density at radius 2 is 2.00 bits per heavy atom. The van der Waals surface area contributed by atoms with Crippen LogP contribution >= 0.6 is 0 Å². The van der Waals surface area contributed by atoms with E-state index in [0.717, 1.165) is 31.5 Å². The van der Waals surface area contributed by atoms with E-state index in [4.69, 9.17) is 4.52 Å². The lowest BCUT2D eigenvalue weighted by atomic mass is 9.77. The predicted octanol–water partition coefficient (Wildman–Crippen LogP) is 2.42. The Morgan fingerprint density at radius 1 is 1.29 bits per heavy atom. The van der Waals surface area contributed by atoms with E-state index in [1.807, 2.05) is 0 Å². The fourth-order valence-corrected chi connectivity index (χ4v) is 3.25. The second-order valence-corrected chi connectivity index (χ2v) is 7.29. The number of carbonyl (C=O) groups is 2. The van der Waals surface area contributed by atoms with Crippen LogP contribution in [0.15, 0.2) is 4.52 Å². The fraction of sp³-hybridized carbons (Fsp3) is 0.765. The average molecular weight is 335 g/mol. The second kappa shape index (κ2) is 6.91. The van der Waals surface area contributed by atoms with Crippen molar-refractivity contribution in [3.63, 3.8) is 0 Å². The summed E-state index contributed by atoms with van der Waals surface area (Å²) >= 11 is 0. The summed E-state index contributed by atoms with van der Waals surface area (Å²) in [5, 5.41) is 16.3. The molecule has 1 amide bonds. The minimum atomic E-state index is -1.09. The van der Waals surface area contributed by atoms with E-state index in [0.29, 0.717) is 43.4 Å². The SMILES string of the molecule is CC1CCC(NC(=O)CCCc2nc(C3CC3)no2)(C(=O)O)CC1. The van der Waals surface area contributed by atoms with Crippen LogP contribution in [0.4, 0.5) is 0 Å². The van der Waals surface area contributed by atoms with Crippen molar-refractivity contribution in [2.45, 2.75) is 76.2 Å². The van der Waals surface area contributed by atoms with Crippen LogP contribution in [0.2, 0.25) is 0 Å². The molecule has 0 saturated heterocycles. The van der Waals surface area contributed by atoms with Crippen LogP contribution in [0, 0.1) is 5.92 Å². The maximum absolute atomic E-state index is 12.2. The summed E-state index contributed by atoms with van der Waals surface area (Å²) in [5.74, 6) is 1.17. The molecule has 2 N–H and O–H groups in total. The van der Waals surface area contributed by atoms with Gasteiger partial charge in [-0.05, 0) is 50.9 Å². The van der Waals surface area contributed by atoms with Crippen LogP contribution in [0.5, 0.6) is 0 Å². The molecule has 7 nitrogen and oxygen atoms in total. The fourth-order valence-electron chi connectivity index (χ4n) is 3.25. The summed E-state index contributed by atoms with van der Waals surface area (Å²) in [6.07, 6.45) is 6.30. The Kier molecular flexibility index (Phi) is 4.87. The van der Waals surface area contributed by atoms with Gasteiger partial charge < -0.3 is 14.9 Å². The molecule has 24 heavy (non-hydrogen) atoms. The largest absolute Gasteiger partial charge is 0.480 e. The zero-order chi connectivity index (χ0) is 17.2. The molecular formula is C17H25N3O4. The Labute approximate surface area is 141 Å². The number of hydrogen-bond donors (Lipinski definition) is 2. The maximum atomic E-state index is 12.2. The molecule has 1 heterocycles. The predicted molar refractivity (Wildman–Crippen MR) is 85.4 cm³/mol. The molecule has 2 saturated carbocycles. The average Bonchev–Trinajstić information content (AvgIpc) is 3.29. The first kappa shape index (κ1) is 16.9. The van der Waals surface area contributed by atoms with E-state index in [9.17, 15) is 14.7 Å². The molecule has 7 heteroatoms. The van der Waals surface area contributed by atoms with Crippen LogP contribution in [-0.2, 0) is 16.0 Å². The Morgan fingerprint density at radius 3 is 2.62 bits per heavy atom. The molecule has 1 aromatic heterocycles. The number of aryl methyl sites for hydroxylation is 1. The number of rotatable bonds is 7. The van der Waals surface area contributed by atoms with Gasteiger partial charge >= 0.3 is 5.97 Å². The lowest BCUT2D eigenvalue weighted by molar-refractivity contribution is -0.149. The highest BCUT2D eigenvalue weighted by Gasteiger charge is 2.42. The minimum Gasteiger partial charge on any atom is -0.480 e. The van der Waals surface area contributed by atoms with Gasteiger partial charge in [0.25, 0.3) is 0 Å². The molecule has 2 aliphatic rings. The number of aliphatic carboxylic acids is 1. The lowest BCUT2D eigenvalue weighted by Crippen LogP contribution is -2.56. The number of nitrogens with zero attached hydrogens (tertiary/aromatic N) is 2. The third-order valence-corrected chi connectivity index (χ3v) is 5.14. The highest BCUT2D eigenvalue weighted by Crippen LogP contribution is 2.38. The van der Waals surface area contributed by atoms with Gasteiger partial charge in [-0.1, -0.05) is 12.1 Å². The van der Waals surface area contributed by atoms with Crippen LogP contribution in [0.25, 0.3) is 0 Å². The van der Waals surface area contributed by atoms with E-state index in [1.54, 1.807) is 0 Å². The number of nitrogens with one attached hydrogen (secondary N) is 1. The molecule has 0 unspecified atom stereocenters. The van der Waals surface area contributed by atoms with Crippen LogP contribution in [-0.4, -0.2) is 32.7 Å². The third-order valence-electron chi connectivity index (χ3n) is 5.14. The standard InChI is InChI=1S/C17H25N3O4/c1-11-7-9-17(10-8-11,16(22)23)19-13(21)3-2-4-14-18-15(20-24-14)12-5-6-12/h11-12H,2-10H2,1H3,(H,19,21)(H,22,23). The zero-order valence-corrected chi connectivity index (χ0v) is 14.1. The quantitative estimate of drug-likeness (QED) is 0.793. The smallest absolute Gasteiger partial charge is 0.329 e. The minimum absolute atomic E-state index is 0.214. The van der Waals surface area contributed by atoms with Gasteiger partial charge in [0.1, 0.15) is 5.54 Å². The third kappa shape index (κ3) is 3.94. The van der Waals surface area contributed by atoms with Crippen molar-refractivity contribution < 1.29 is 19.2 Å². The number of aromatic nitrogens is 2. The van der Waals surface area contributed by atoms with Gasteiger partial charge in [-0.3, -0.25) is 4.79 Å².